The predicted octanol–water partition coefficient (Wildman–Crippen LogP) is 6.20. The largest absolute Gasteiger partial charge is 0.302 e. The molecular weight excluding hydrogens is 494 g/mol. The minimum absolute atomic E-state index is 0.0237. The van der Waals surface area contributed by atoms with Gasteiger partial charge in [0, 0.05) is 33.3 Å². The van der Waals surface area contributed by atoms with Crippen LogP contribution < -0.4 is 4.90 Å². The zero-order valence-corrected chi connectivity index (χ0v) is 22.2. The van der Waals surface area contributed by atoms with Crippen molar-refractivity contribution in [3.8, 4) is 0 Å². The number of ketones is 1. The minimum Gasteiger partial charge on any atom is -0.302 e. The smallest absolute Gasteiger partial charge is 0.258 e. The van der Waals surface area contributed by atoms with Crippen LogP contribution in [0.4, 0.5) is 5.69 Å². The highest BCUT2D eigenvalue weighted by Crippen LogP contribution is 2.50. The molecular formula is C32H27NO4S. The number of carbonyl (C=O) groups is 2. The van der Waals surface area contributed by atoms with E-state index in [-0.39, 0.29) is 43.6 Å². The van der Waals surface area contributed by atoms with E-state index >= 15 is 0 Å². The van der Waals surface area contributed by atoms with Gasteiger partial charge in [-0.3, -0.25) is 9.59 Å². The molecule has 6 rings (SSSR count). The standard InChI is InChI=1S/C32H27NO4S/c1-31(2)20-32(3,22-11-5-4-6-12-22)25-14-8-9-15-26(25)33(31)30(35)21-17-18-24-28(19-21)38(36,37)27-16-10-7-13-23(27)29(24)34/h4-19H,20H2,1-3H3/t32-/m0/s1. The molecule has 2 aliphatic heterocycles. The summed E-state index contributed by atoms with van der Waals surface area (Å²) in [5.74, 6) is -0.659. The Kier molecular flexibility index (Phi) is 5.27. The molecule has 6 heteroatoms. The van der Waals surface area contributed by atoms with E-state index in [1.54, 1.807) is 23.1 Å². The first-order chi connectivity index (χ1) is 18.1. The lowest BCUT2D eigenvalue weighted by Gasteiger charge is -2.51. The van der Waals surface area contributed by atoms with Crippen molar-refractivity contribution < 1.29 is 18.0 Å². The summed E-state index contributed by atoms with van der Waals surface area (Å²) in [5.41, 5.74) is 2.56. The molecule has 38 heavy (non-hydrogen) atoms. The Morgan fingerprint density at radius 2 is 1.39 bits per heavy atom. The molecule has 2 heterocycles. The number of nitrogens with zero attached hydrogens (tertiary/aromatic N) is 1. The van der Waals surface area contributed by atoms with Gasteiger partial charge in [-0.1, -0.05) is 67.6 Å². The van der Waals surface area contributed by atoms with E-state index in [1.165, 1.54) is 29.8 Å². The summed E-state index contributed by atoms with van der Waals surface area (Å²) < 4.78 is 27.0. The highest BCUT2D eigenvalue weighted by Gasteiger charge is 2.48. The maximum atomic E-state index is 14.2. The predicted molar refractivity (Wildman–Crippen MR) is 147 cm³/mol. The van der Waals surface area contributed by atoms with Crippen LogP contribution in [0.15, 0.2) is 107 Å². The zero-order chi connectivity index (χ0) is 26.9. The Balaban J connectivity index is 1.49. The zero-order valence-electron chi connectivity index (χ0n) is 21.4. The van der Waals surface area contributed by atoms with E-state index < -0.39 is 15.4 Å². The quantitative estimate of drug-likeness (QED) is 0.277. The van der Waals surface area contributed by atoms with Gasteiger partial charge in [0.1, 0.15) is 0 Å². The van der Waals surface area contributed by atoms with Crippen molar-refractivity contribution in [2.75, 3.05) is 4.90 Å². The number of amides is 1. The normalized spacial score (nSPS) is 20.7. The van der Waals surface area contributed by atoms with Crippen LogP contribution in [0.3, 0.4) is 0 Å². The Bertz CT molecular complexity index is 1740. The van der Waals surface area contributed by atoms with Crippen LogP contribution in [0, 0.1) is 0 Å². The lowest BCUT2D eigenvalue weighted by Crippen LogP contribution is -2.55. The van der Waals surface area contributed by atoms with E-state index in [4.69, 9.17) is 0 Å². The third kappa shape index (κ3) is 3.40. The van der Waals surface area contributed by atoms with E-state index in [2.05, 4.69) is 25.1 Å². The molecule has 0 saturated carbocycles. The highest BCUT2D eigenvalue weighted by atomic mass is 32.2. The molecule has 0 radical (unpaired) electrons. The van der Waals surface area contributed by atoms with Crippen molar-refractivity contribution in [2.45, 2.75) is 47.9 Å². The monoisotopic (exact) mass is 521 g/mol. The molecule has 1 atom stereocenters. The number of hydrogen-bond acceptors (Lipinski definition) is 4. The number of benzene rings is 4. The molecule has 4 aromatic carbocycles. The summed E-state index contributed by atoms with van der Waals surface area (Å²) in [4.78, 5) is 28.9. The van der Waals surface area contributed by atoms with Crippen molar-refractivity contribution in [3.63, 3.8) is 0 Å². The fourth-order valence-corrected chi connectivity index (χ4v) is 7.97. The number of hydrogen-bond donors (Lipinski definition) is 0. The number of rotatable bonds is 2. The number of para-hydroxylation sites is 1. The topological polar surface area (TPSA) is 71.5 Å². The fraction of sp³-hybridized carbons (Fsp3) is 0.188. The van der Waals surface area contributed by atoms with Gasteiger partial charge < -0.3 is 4.90 Å². The molecule has 0 N–H and O–H groups in total. The summed E-state index contributed by atoms with van der Waals surface area (Å²) in [7, 11) is -3.96. The van der Waals surface area contributed by atoms with Crippen molar-refractivity contribution in [1.82, 2.24) is 0 Å². The van der Waals surface area contributed by atoms with E-state index in [0.717, 1.165) is 11.3 Å². The van der Waals surface area contributed by atoms with Gasteiger partial charge >= 0.3 is 0 Å². The van der Waals surface area contributed by atoms with Gasteiger partial charge in [-0.25, -0.2) is 8.42 Å². The van der Waals surface area contributed by atoms with Crippen LogP contribution in [0.25, 0.3) is 0 Å². The Morgan fingerprint density at radius 3 is 2.16 bits per heavy atom. The average Bonchev–Trinajstić information content (AvgIpc) is 2.91. The number of carbonyl (C=O) groups excluding carboxylic acids is 2. The van der Waals surface area contributed by atoms with Crippen LogP contribution in [0.1, 0.15) is 64.6 Å². The first-order valence-corrected chi connectivity index (χ1v) is 14.1. The van der Waals surface area contributed by atoms with Crippen LogP contribution in [-0.4, -0.2) is 25.6 Å². The third-order valence-electron chi connectivity index (χ3n) is 7.93. The molecule has 5 nitrogen and oxygen atoms in total. The first-order valence-electron chi connectivity index (χ1n) is 12.6. The minimum atomic E-state index is -3.96. The van der Waals surface area contributed by atoms with E-state index in [0.29, 0.717) is 6.42 Å². The van der Waals surface area contributed by atoms with Gasteiger partial charge in [0.2, 0.25) is 9.84 Å². The Labute approximate surface area is 222 Å². The molecule has 0 spiro atoms. The van der Waals surface area contributed by atoms with Crippen molar-refractivity contribution in [2.24, 2.45) is 0 Å². The molecule has 0 saturated heterocycles. The molecule has 0 aliphatic carbocycles. The van der Waals surface area contributed by atoms with Crippen molar-refractivity contribution >= 4 is 27.2 Å². The van der Waals surface area contributed by atoms with Crippen LogP contribution in [-0.2, 0) is 15.3 Å². The van der Waals surface area contributed by atoms with Gasteiger partial charge in [0.15, 0.2) is 5.78 Å². The molecule has 0 unspecified atom stereocenters. The maximum Gasteiger partial charge on any atom is 0.258 e. The van der Waals surface area contributed by atoms with Crippen molar-refractivity contribution in [3.05, 3.63) is 125 Å². The second-order valence-corrected chi connectivity index (χ2v) is 12.8. The Morgan fingerprint density at radius 1 is 0.763 bits per heavy atom. The number of fused-ring (bicyclic) bond motifs is 3. The average molecular weight is 522 g/mol. The van der Waals surface area contributed by atoms with Gasteiger partial charge in [-0.05, 0) is 67.8 Å². The summed E-state index contributed by atoms with van der Waals surface area (Å²) in [6, 6.07) is 28.8. The lowest BCUT2D eigenvalue weighted by molar-refractivity contribution is 0.0946. The maximum absolute atomic E-state index is 14.2. The number of sulfone groups is 1. The van der Waals surface area contributed by atoms with Gasteiger partial charge in [0.05, 0.1) is 9.79 Å². The second kappa shape index (κ2) is 8.23. The molecule has 4 aromatic rings. The highest BCUT2D eigenvalue weighted by molar-refractivity contribution is 7.91. The Hall–Kier alpha value is -4.03. The molecule has 2 aliphatic rings. The molecule has 190 valence electrons. The van der Waals surface area contributed by atoms with E-state index in [9.17, 15) is 18.0 Å². The van der Waals surface area contributed by atoms with Crippen molar-refractivity contribution in [1.29, 1.82) is 0 Å². The summed E-state index contributed by atoms with van der Waals surface area (Å²) >= 11 is 0. The fourth-order valence-electron chi connectivity index (χ4n) is 6.30. The SMILES string of the molecule is CC1(C)C[C@@](C)(c2ccccc2)c2ccccc2N1C(=O)c1ccc2c(c1)S(=O)(=O)c1ccccc1C2=O. The number of anilines is 1. The molecule has 0 aromatic heterocycles. The molecule has 1 amide bonds. The first kappa shape index (κ1) is 24.3. The van der Waals surface area contributed by atoms with Crippen LogP contribution in [0.5, 0.6) is 0 Å². The second-order valence-electron chi connectivity index (χ2n) is 10.9. The summed E-state index contributed by atoms with van der Waals surface area (Å²) in [5, 5.41) is 0. The van der Waals surface area contributed by atoms with Crippen LogP contribution >= 0.6 is 0 Å². The summed E-state index contributed by atoms with van der Waals surface area (Å²) in [6.07, 6.45) is 0.669. The van der Waals surface area contributed by atoms with Crippen LogP contribution in [0.2, 0.25) is 0 Å². The van der Waals surface area contributed by atoms with Gasteiger partial charge in [-0.15, -0.1) is 0 Å². The summed E-state index contributed by atoms with van der Waals surface area (Å²) in [6.45, 7) is 6.28. The van der Waals surface area contributed by atoms with Gasteiger partial charge in [-0.2, -0.15) is 0 Å². The molecule has 0 fully saturated rings. The van der Waals surface area contributed by atoms with E-state index in [1.807, 2.05) is 50.2 Å². The third-order valence-corrected chi connectivity index (χ3v) is 9.78. The molecule has 0 bridgehead atoms. The lowest BCUT2D eigenvalue weighted by atomic mass is 9.65. The van der Waals surface area contributed by atoms with Gasteiger partial charge in [0.25, 0.3) is 5.91 Å².